The van der Waals surface area contributed by atoms with Crippen molar-refractivity contribution in [3.63, 3.8) is 0 Å². The zero-order chi connectivity index (χ0) is 6.08. The Morgan fingerprint density at radius 1 is 1.57 bits per heavy atom. The van der Waals surface area contributed by atoms with Gasteiger partial charge in [0.2, 0.25) is 0 Å². The average molecular weight is 122 g/mol. The Hall–Kier alpha value is 0.250. The third-order valence-corrected chi connectivity index (χ3v) is 1.57. The molecule has 0 heterocycles. The van der Waals surface area contributed by atoms with E-state index in [-0.39, 0.29) is 0 Å². The summed E-state index contributed by atoms with van der Waals surface area (Å²) in [5.74, 6) is 0.342. The normalized spacial score (nSPS) is 19.7. The minimum atomic E-state index is -0.528. The molecule has 0 saturated carbocycles. The second-order valence-corrected chi connectivity index (χ2v) is 3.12. The number of hydrogen-bond donors (Lipinski definition) is 1. The second kappa shape index (κ2) is 2.01. The van der Waals surface area contributed by atoms with Gasteiger partial charge in [0.05, 0.1) is 5.00 Å². The average Bonchev–Trinajstić information content (AvgIpc) is 1.31. The van der Waals surface area contributed by atoms with Crippen LogP contribution >= 0.6 is 11.6 Å². The Morgan fingerprint density at radius 3 is 1.71 bits per heavy atom. The molecule has 1 unspecified atom stereocenters. The molecule has 0 saturated heterocycles. The van der Waals surface area contributed by atoms with Gasteiger partial charge in [-0.1, -0.05) is 13.8 Å². The standard InChI is InChI=1S/C5H12ClN/c1-4(2)5(3,6)7/h4H,7H2,1-3H3. The first-order chi connectivity index (χ1) is 2.94. The van der Waals surface area contributed by atoms with E-state index in [0.717, 1.165) is 0 Å². The molecule has 0 rings (SSSR count). The minimum Gasteiger partial charge on any atom is -0.313 e. The molecular weight excluding hydrogens is 110 g/mol. The quantitative estimate of drug-likeness (QED) is 0.414. The molecule has 1 nitrogen and oxygen atoms in total. The SMILES string of the molecule is CC(C)C(C)(N)Cl. The molecule has 0 aromatic carbocycles. The summed E-state index contributed by atoms with van der Waals surface area (Å²) in [6.45, 7) is 5.79. The predicted octanol–water partition coefficient (Wildman–Crippen LogP) is 1.56. The first kappa shape index (κ1) is 7.25. The molecule has 2 heteroatoms. The molecule has 0 spiro atoms. The van der Waals surface area contributed by atoms with Crippen LogP contribution in [-0.2, 0) is 0 Å². The van der Waals surface area contributed by atoms with Gasteiger partial charge in [-0.25, -0.2) is 0 Å². The molecule has 0 aliphatic carbocycles. The van der Waals surface area contributed by atoms with Crippen molar-refractivity contribution in [2.75, 3.05) is 0 Å². The van der Waals surface area contributed by atoms with Crippen LogP contribution in [0.15, 0.2) is 0 Å². The van der Waals surface area contributed by atoms with Gasteiger partial charge in [0.15, 0.2) is 0 Å². The van der Waals surface area contributed by atoms with Gasteiger partial charge in [0, 0.05) is 0 Å². The summed E-state index contributed by atoms with van der Waals surface area (Å²) in [5.41, 5.74) is 5.44. The number of halogens is 1. The van der Waals surface area contributed by atoms with Gasteiger partial charge in [0.1, 0.15) is 0 Å². The summed E-state index contributed by atoms with van der Waals surface area (Å²) >= 11 is 5.65. The summed E-state index contributed by atoms with van der Waals surface area (Å²) in [5, 5.41) is 0. The smallest absolute Gasteiger partial charge is 0.0905 e. The van der Waals surface area contributed by atoms with Crippen molar-refractivity contribution >= 4 is 11.6 Å². The maximum Gasteiger partial charge on any atom is 0.0905 e. The zero-order valence-corrected chi connectivity index (χ0v) is 5.79. The second-order valence-electron chi connectivity index (χ2n) is 2.31. The van der Waals surface area contributed by atoms with Crippen LogP contribution in [-0.4, -0.2) is 5.00 Å². The van der Waals surface area contributed by atoms with Crippen molar-refractivity contribution in [1.29, 1.82) is 0 Å². The van der Waals surface area contributed by atoms with Gasteiger partial charge in [-0.2, -0.15) is 0 Å². The van der Waals surface area contributed by atoms with E-state index in [1.165, 1.54) is 0 Å². The van der Waals surface area contributed by atoms with Crippen molar-refractivity contribution in [2.45, 2.75) is 25.8 Å². The minimum absolute atomic E-state index is 0.342. The molecule has 0 radical (unpaired) electrons. The lowest BCUT2D eigenvalue weighted by molar-refractivity contribution is 0.472. The molecule has 7 heavy (non-hydrogen) atoms. The Balaban J connectivity index is 3.54. The summed E-state index contributed by atoms with van der Waals surface area (Å²) < 4.78 is 0. The lowest BCUT2D eigenvalue weighted by Gasteiger charge is -2.19. The van der Waals surface area contributed by atoms with Gasteiger partial charge in [-0.15, -0.1) is 11.6 Å². The molecule has 0 aliphatic rings. The van der Waals surface area contributed by atoms with Crippen LogP contribution in [0, 0.1) is 5.92 Å². The summed E-state index contributed by atoms with van der Waals surface area (Å²) in [6.07, 6.45) is 0. The van der Waals surface area contributed by atoms with Gasteiger partial charge in [-0.05, 0) is 12.8 Å². The summed E-state index contributed by atoms with van der Waals surface area (Å²) in [4.78, 5) is -0.528. The van der Waals surface area contributed by atoms with E-state index in [1.807, 2.05) is 13.8 Å². The van der Waals surface area contributed by atoms with Gasteiger partial charge in [0.25, 0.3) is 0 Å². The molecule has 0 aliphatic heterocycles. The fraction of sp³-hybridized carbons (Fsp3) is 1.00. The fourth-order valence-electron chi connectivity index (χ4n) is 0. The molecule has 1 atom stereocenters. The highest BCUT2D eigenvalue weighted by Gasteiger charge is 2.17. The van der Waals surface area contributed by atoms with Crippen LogP contribution < -0.4 is 5.73 Å². The van der Waals surface area contributed by atoms with E-state index in [1.54, 1.807) is 6.92 Å². The van der Waals surface area contributed by atoms with E-state index in [4.69, 9.17) is 17.3 Å². The van der Waals surface area contributed by atoms with Crippen LogP contribution in [0.25, 0.3) is 0 Å². The van der Waals surface area contributed by atoms with Crippen molar-refractivity contribution < 1.29 is 0 Å². The number of rotatable bonds is 1. The van der Waals surface area contributed by atoms with Crippen LogP contribution in [0.2, 0.25) is 0 Å². The zero-order valence-electron chi connectivity index (χ0n) is 5.03. The maximum atomic E-state index is 5.65. The van der Waals surface area contributed by atoms with E-state index in [0.29, 0.717) is 5.92 Å². The van der Waals surface area contributed by atoms with E-state index < -0.39 is 5.00 Å². The molecule has 0 aromatic rings. The maximum absolute atomic E-state index is 5.65. The van der Waals surface area contributed by atoms with Crippen LogP contribution in [0.3, 0.4) is 0 Å². The van der Waals surface area contributed by atoms with Gasteiger partial charge >= 0.3 is 0 Å². The van der Waals surface area contributed by atoms with E-state index >= 15 is 0 Å². The summed E-state index contributed by atoms with van der Waals surface area (Å²) in [6, 6.07) is 0. The van der Waals surface area contributed by atoms with Crippen molar-refractivity contribution in [2.24, 2.45) is 11.7 Å². The Morgan fingerprint density at radius 2 is 1.71 bits per heavy atom. The largest absolute Gasteiger partial charge is 0.313 e. The first-order valence-electron chi connectivity index (χ1n) is 2.42. The monoisotopic (exact) mass is 121 g/mol. The topological polar surface area (TPSA) is 26.0 Å². The van der Waals surface area contributed by atoms with Gasteiger partial charge < -0.3 is 5.73 Å². The number of hydrogen-bond acceptors (Lipinski definition) is 1. The highest BCUT2D eigenvalue weighted by Crippen LogP contribution is 2.16. The van der Waals surface area contributed by atoms with E-state index in [2.05, 4.69) is 0 Å². The lowest BCUT2D eigenvalue weighted by atomic mass is 10.1. The molecular formula is C5H12ClN. The highest BCUT2D eigenvalue weighted by atomic mass is 35.5. The first-order valence-corrected chi connectivity index (χ1v) is 2.80. The Labute approximate surface area is 49.8 Å². The molecule has 2 N–H and O–H groups in total. The van der Waals surface area contributed by atoms with Crippen molar-refractivity contribution in [3.05, 3.63) is 0 Å². The third-order valence-electron chi connectivity index (χ3n) is 1.13. The molecule has 0 amide bonds. The summed E-state index contributed by atoms with van der Waals surface area (Å²) in [7, 11) is 0. The molecule has 0 fully saturated rings. The van der Waals surface area contributed by atoms with Gasteiger partial charge in [-0.3, -0.25) is 0 Å². The number of alkyl halides is 1. The van der Waals surface area contributed by atoms with Crippen LogP contribution in [0.1, 0.15) is 20.8 Å². The third kappa shape index (κ3) is 2.89. The fourth-order valence-corrected chi connectivity index (χ4v) is 0. The molecule has 0 bridgehead atoms. The molecule has 0 aromatic heterocycles. The highest BCUT2D eigenvalue weighted by molar-refractivity contribution is 6.23. The Kier molecular flexibility index (Phi) is 2.09. The molecule has 44 valence electrons. The lowest BCUT2D eigenvalue weighted by Crippen LogP contribution is -2.34. The van der Waals surface area contributed by atoms with Crippen molar-refractivity contribution in [3.8, 4) is 0 Å². The van der Waals surface area contributed by atoms with Crippen LogP contribution in [0.5, 0.6) is 0 Å². The Bertz CT molecular complexity index is 53.6. The van der Waals surface area contributed by atoms with Crippen LogP contribution in [0.4, 0.5) is 0 Å². The van der Waals surface area contributed by atoms with E-state index in [9.17, 15) is 0 Å². The predicted molar refractivity (Wildman–Crippen MR) is 33.3 cm³/mol. The van der Waals surface area contributed by atoms with Crippen molar-refractivity contribution in [1.82, 2.24) is 0 Å². The number of nitrogens with two attached hydrogens (primary N) is 1.